The number of nitrogens with two attached hydrogens (primary N) is 1. The summed E-state index contributed by atoms with van der Waals surface area (Å²) in [5.74, 6) is -0.341. The lowest BCUT2D eigenvalue weighted by Gasteiger charge is -2.06. The first-order valence-electron chi connectivity index (χ1n) is 3.99. The summed E-state index contributed by atoms with van der Waals surface area (Å²) in [5, 5.41) is 2.39. The van der Waals surface area contributed by atoms with Gasteiger partial charge in [-0.1, -0.05) is 0 Å². The van der Waals surface area contributed by atoms with Gasteiger partial charge < -0.3 is 11.1 Å². The quantitative estimate of drug-likeness (QED) is 0.642. The monoisotopic (exact) mass is 198 g/mol. The van der Waals surface area contributed by atoms with E-state index >= 15 is 0 Å². The Balaban J connectivity index is 3.22. The average Bonchev–Trinajstić information content (AvgIpc) is 2.01. The first-order valence-corrected chi connectivity index (χ1v) is 3.99. The zero-order valence-electron chi connectivity index (χ0n) is 7.16. The van der Waals surface area contributed by atoms with E-state index in [9.17, 15) is 18.0 Å². The van der Waals surface area contributed by atoms with E-state index < -0.39 is 12.6 Å². The van der Waals surface area contributed by atoms with Gasteiger partial charge in [0, 0.05) is 13.0 Å². The third-order valence-corrected chi connectivity index (χ3v) is 1.39. The molecule has 0 radical (unpaired) electrons. The van der Waals surface area contributed by atoms with E-state index in [1.54, 1.807) is 0 Å². The fraction of sp³-hybridized carbons (Fsp3) is 0.857. The van der Waals surface area contributed by atoms with Gasteiger partial charge in [0.05, 0.1) is 6.54 Å². The molecule has 0 aromatic heterocycles. The van der Waals surface area contributed by atoms with Gasteiger partial charge in [-0.15, -0.1) is 0 Å². The summed E-state index contributed by atoms with van der Waals surface area (Å²) in [6.07, 6.45) is -4.54. The van der Waals surface area contributed by atoms with Crippen LogP contribution < -0.4 is 11.1 Å². The van der Waals surface area contributed by atoms with Crippen molar-refractivity contribution in [2.24, 2.45) is 5.73 Å². The maximum atomic E-state index is 11.6. The molecule has 0 aliphatic carbocycles. The van der Waals surface area contributed by atoms with E-state index in [2.05, 4.69) is 5.32 Å². The second kappa shape index (κ2) is 5.80. The molecule has 0 rings (SSSR count). The maximum Gasteiger partial charge on any atom is 0.389 e. The van der Waals surface area contributed by atoms with Crippen LogP contribution in [0.25, 0.3) is 0 Å². The van der Waals surface area contributed by atoms with Crippen molar-refractivity contribution in [2.45, 2.75) is 25.4 Å². The minimum Gasteiger partial charge on any atom is -0.355 e. The summed E-state index contributed by atoms with van der Waals surface area (Å²) in [6.45, 7) is 0.130. The number of amides is 1. The van der Waals surface area contributed by atoms with E-state index in [0.29, 0.717) is 6.42 Å². The SMILES string of the molecule is NCC(=O)NCCCCC(F)(F)F. The molecular formula is C7H13F3N2O. The van der Waals surface area contributed by atoms with Gasteiger partial charge in [0.2, 0.25) is 5.91 Å². The van der Waals surface area contributed by atoms with Crippen molar-refractivity contribution in [3.63, 3.8) is 0 Å². The molecule has 0 aromatic rings. The number of unbranched alkanes of at least 4 members (excludes halogenated alkanes) is 1. The van der Waals surface area contributed by atoms with E-state index in [-0.39, 0.29) is 25.4 Å². The van der Waals surface area contributed by atoms with Gasteiger partial charge >= 0.3 is 6.18 Å². The highest BCUT2D eigenvalue weighted by molar-refractivity contribution is 5.77. The van der Waals surface area contributed by atoms with Gasteiger partial charge in [-0.2, -0.15) is 13.2 Å². The Bertz CT molecular complexity index is 158. The van der Waals surface area contributed by atoms with Crippen LogP contribution >= 0.6 is 0 Å². The minimum absolute atomic E-state index is 0.0361. The van der Waals surface area contributed by atoms with Crippen molar-refractivity contribution in [2.75, 3.05) is 13.1 Å². The number of hydrogen-bond donors (Lipinski definition) is 2. The highest BCUT2D eigenvalue weighted by Gasteiger charge is 2.25. The van der Waals surface area contributed by atoms with Crippen molar-refractivity contribution in [1.82, 2.24) is 5.32 Å². The van der Waals surface area contributed by atoms with Crippen LogP contribution in [0.3, 0.4) is 0 Å². The number of halogens is 3. The molecule has 0 aliphatic rings. The van der Waals surface area contributed by atoms with Crippen LogP contribution in [0.15, 0.2) is 0 Å². The Morgan fingerprint density at radius 1 is 1.31 bits per heavy atom. The predicted octanol–water partition coefficient (Wildman–Crippen LogP) is 0.794. The number of carbonyl (C=O) groups excluding carboxylic acids is 1. The molecule has 3 nitrogen and oxygen atoms in total. The van der Waals surface area contributed by atoms with Crippen LogP contribution in [0.1, 0.15) is 19.3 Å². The molecule has 0 unspecified atom stereocenters. The van der Waals surface area contributed by atoms with Crippen molar-refractivity contribution >= 4 is 5.91 Å². The van der Waals surface area contributed by atoms with Gasteiger partial charge in [-0.25, -0.2) is 0 Å². The van der Waals surface area contributed by atoms with Crippen LogP contribution in [0.5, 0.6) is 0 Å². The second-order valence-corrected chi connectivity index (χ2v) is 2.63. The van der Waals surface area contributed by atoms with Crippen LogP contribution in [-0.2, 0) is 4.79 Å². The smallest absolute Gasteiger partial charge is 0.355 e. The second-order valence-electron chi connectivity index (χ2n) is 2.63. The van der Waals surface area contributed by atoms with Crippen molar-refractivity contribution in [1.29, 1.82) is 0 Å². The van der Waals surface area contributed by atoms with E-state index in [0.717, 1.165) is 0 Å². The highest BCUT2D eigenvalue weighted by atomic mass is 19.4. The molecule has 0 heterocycles. The maximum absolute atomic E-state index is 11.6. The molecule has 0 aromatic carbocycles. The van der Waals surface area contributed by atoms with Crippen molar-refractivity contribution in [3.05, 3.63) is 0 Å². The topological polar surface area (TPSA) is 55.1 Å². The van der Waals surface area contributed by atoms with Crippen LogP contribution in [0.4, 0.5) is 13.2 Å². The molecule has 6 heteroatoms. The molecular weight excluding hydrogens is 185 g/mol. The van der Waals surface area contributed by atoms with Gasteiger partial charge in [-0.3, -0.25) is 4.79 Å². The number of rotatable bonds is 5. The summed E-state index contributed by atoms with van der Waals surface area (Å²) in [6, 6.07) is 0. The summed E-state index contributed by atoms with van der Waals surface area (Å²) >= 11 is 0. The lowest BCUT2D eigenvalue weighted by atomic mass is 10.2. The number of alkyl halides is 3. The standard InChI is InChI=1S/C7H13F3N2O/c8-7(9,10)3-1-2-4-12-6(13)5-11/h1-5,11H2,(H,12,13). The molecule has 0 fully saturated rings. The largest absolute Gasteiger partial charge is 0.389 e. The van der Waals surface area contributed by atoms with Crippen molar-refractivity contribution < 1.29 is 18.0 Å². The average molecular weight is 198 g/mol. The summed E-state index contributed by atoms with van der Waals surface area (Å²) in [5.41, 5.74) is 4.96. The third-order valence-electron chi connectivity index (χ3n) is 1.39. The number of nitrogens with one attached hydrogen (secondary N) is 1. The Hall–Kier alpha value is -0.780. The molecule has 0 saturated heterocycles. The molecule has 3 N–H and O–H groups in total. The molecule has 0 atom stereocenters. The van der Waals surface area contributed by atoms with Crippen LogP contribution in [0.2, 0.25) is 0 Å². The Kier molecular flexibility index (Phi) is 5.45. The minimum atomic E-state index is -4.10. The summed E-state index contributed by atoms with van der Waals surface area (Å²) < 4.78 is 34.8. The Labute approximate surface area is 74.5 Å². The Morgan fingerprint density at radius 3 is 2.38 bits per heavy atom. The van der Waals surface area contributed by atoms with E-state index in [1.807, 2.05) is 0 Å². The molecule has 78 valence electrons. The van der Waals surface area contributed by atoms with Gasteiger partial charge in [0.1, 0.15) is 0 Å². The van der Waals surface area contributed by atoms with E-state index in [4.69, 9.17) is 5.73 Å². The van der Waals surface area contributed by atoms with E-state index in [1.165, 1.54) is 0 Å². The molecule has 0 spiro atoms. The normalized spacial score (nSPS) is 11.4. The zero-order chi connectivity index (χ0) is 10.3. The van der Waals surface area contributed by atoms with Gasteiger partial charge in [0.15, 0.2) is 0 Å². The fourth-order valence-electron chi connectivity index (χ4n) is 0.750. The summed E-state index contributed by atoms with van der Waals surface area (Å²) in [4.78, 5) is 10.5. The Morgan fingerprint density at radius 2 is 1.92 bits per heavy atom. The molecule has 0 bridgehead atoms. The number of hydrogen-bond acceptors (Lipinski definition) is 2. The van der Waals surface area contributed by atoms with Crippen LogP contribution in [0, 0.1) is 0 Å². The van der Waals surface area contributed by atoms with Crippen LogP contribution in [-0.4, -0.2) is 25.2 Å². The van der Waals surface area contributed by atoms with Gasteiger partial charge in [-0.05, 0) is 12.8 Å². The van der Waals surface area contributed by atoms with Crippen molar-refractivity contribution in [3.8, 4) is 0 Å². The third kappa shape index (κ3) is 9.13. The first kappa shape index (κ1) is 12.2. The first-order chi connectivity index (χ1) is 5.95. The lowest BCUT2D eigenvalue weighted by molar-refractivity contribution is -0.135. The molecule has 1 amide bonds. The zero-order valence-corrected chi connectivity index (χ0v) is 7.16. The summed E-state index contributed by atoms with van der Waals surface area (Å²) in [7, 11) is 0. The molecule has 0 aliphatic heterocycles. The predicted molar refractivity (Wildman–Crippen MR) is 42.0 cm³/mol. The highest BCUT2D eigenvalue weighted by Crippen LogP contribution is 2.21. The number of carbonyl (C=O) groups is 1. The molecule has 0 saturated carbocycles. The van der Waals surface area contributed by atoms with Gasteiger partial charge in [0.25, 0.3) is 0 Å². The lowest BCUT2D eigenvalue weighted by Crippen LogP contribution is -2.31. The fourth-order valence-corrected chi connectivity index (χ4v) is 0.750. The molecule has 13 heavy (non-hydrogen) atoms.